The number of imidazole rings is 1. The van der Waals surface area contributed by atoms with Gasteiger partial charge in [0.1, 0.15) is 11.8 Å². The fourth-order valence-corrected chi connectivity index (χ4v) is 5.43. The van der Waals surface area contributed by atoms with Crippen molar-refractivity contribution in [2.75, 3.05) is 33.3 Å². The highest BCUT2D eigenvalue weighted by molar-refractivity contribution is 6.31. The summed E-state index contributed by atoms with van der Waals surface area (Å²) in [5.74, 6) is 0.130. The summed E-state index contributed by atoms with van der Waals surface area (Å²) in [5.41, 5.74) is 8.49. The molecule has 204 valence electrons. The van der Waals surface area contributed by atoms with Crippen LogP contribution in [0, 0.1) is 0 Å². The number of hydrogen-bond donors (Lipinski definition) is 1. The molecule has 0 saturated carbocycles. The zero-order valence-corrected chi connectivity index (χ0v) is 22.5. The minimum absolute atomic E-state index is 0.163. The van der Waals surface area contributed by atoms with Gasteiger partial charge in [0.2, 0.25) is 5.91 Å². The molecule has 1 saturated heterocycles. The second-order valence-electron chi connectivity index (χ2n) is 9.75. The number of amides is 4. The molecule has 0 spiro atoms. The van der Waals surface area contributed by atoms with Gasteiger partial charge in [-0.1, -0.05) is 35.9 Å². The number of carbonyl (C=O) groups excluding carboxylic acids is 3. The molecule has 10 nitrogen and oxygen atoms in total. The van der Waals surface area contributed by atoms with Gasteiger partial charge in [-0.15, -0.1) is 0 Å². The van der Waals surface area contributed by atoms with Crippen LogP contribution < -0.4 is 10.5 Å². The maximum atomic E-state index is 13.9. The third kappa shape index (κ3) is 5.56. The van der Waals surface area contributed by atoms with Gasteiger partial charge in [-0.05, 0) is 36.2 Å². The van der Waals surface area contributed by atoms with Crippen molar-refractivity contribution in [3.8, 4) is 5.75 Å². The largest absolute Gasteiger partial charge is 0.497 e. The van der Waals surface area contributed by atoms with Crippen LogP contribution in [0.4, 0.5) is 4.79 Å². The smallest absolute Gasteiger partial charge is 0.314 e. The van der Waals surface area contributed by atoms with Crippen molar-refractivity contribution < 1.29 is 19.1 Å². The lowest BCUT2D eigenvalue weighted by Gasteiger charge is -2.37. The monoisotopic (exact) mass is 550 g/mol. The fraction of sp³-hybridized carbons (Fsp3) is 0.357. The van der Waals surface area contributed by atoms with Crippen LogP contribution in [-0.2, 0) is 24.3 Å². The Labute approximate surface area is 231 Å². The Morgan fingerprint density at radius 2 is 1.82 bits per heavy atom. The highest BCUT2D eigenvalue weighted by Crippen LogP contribution is 2.28. The molecule has 0 aliphatic carbocycles. The minimum atomic E-state index is -0.736. The molecule has 4 amide bonds. The summed E-state index contributed by atoms with van der Waals surface area (Å²) >= 11 is 6.41. The number of primary amides is 1. The van der Waals surface area contributed by atoms with E-state index < -0.39 is 12.1 Å². The van der Waals surface area contributed by atoms with Crippen LogP contribution in [0.25, 0.3) is 0 Å². The minimum Gasteiger partial charge on any atom is -0.497 e. The predicted octanol–water partition coefficient (Wildman–Crippen LogP) is 2.77. The first kappa shape index (κ1) is 26.6. The SMILES string of the molecule is COc1cccc(C(=O)N2Cc3c(ncn3Cc3ccccc3Cl)CC2C(=O)N2CCCN(C(N)=O)CC2)c1. The van der Waals surface area contributed by atoms with E-state index in [1.807, 2.05) is 28.8 Å². The van der Waals surface area contributed by atoms with Gasteiger partial charge in [-0.2, -0.15) is 0 Å². The molecule has 2 aliphatic rings. The number of hydrogen-bond acceptors (Lipinski definition) is 5. The number of nitrogens with zero attached hydrogens (tertiary/aromatic N) is 5. The third-order valence-electron chi connectivity index (χ3n) is 7.40. The van der Waals surface area contributed by atoms with Crippen LogP contribution in [0.2, 0.25) is 5.02 Å². The van der Waals surface area contributed by atoms with E-state index in [-0.39, 0.29) is 24.8 Å². The van der Waals surface area contributed by atoms with Crippen LogP contribution in [0.5, 0.6) is 5.75 Å². The van der Waals surface area contributed by atoms with Crippen molar-refractivity contribution in [3.05, 3.63) is 82.4 Å². The number of methoxy groups -OCH3 is 1. The first-order valence-electron chi connectivity index (χ1n) is 12.9. The molecule has 0 bridgehead atoms. The number of rotatable bonds is 5. The van der Waals surface area contributed by atoms with Crippen molar-refractivity contribution in [2.45, 2.75) is 32.0 Å². The average Bonchev–Trinajstić information content (AvgIpc) is 3.16. The van der Waals surface area contributed by atoms with Crippen molar-refractivity contribution in [1.82, 2.24) is 24.3 Å². The Morgan fingerprint density at radius 1 is 1.05 bits per heavy atom. The second-order valence-corrected chi connectivity index (χ2v) is 10.2. The van der Waals surface area contributed by atoms with Crippen molar-refractivity contribution in [2.24, 2.45) is 5.73 Å². The Bertz CT molecular complexity index is 1390. The van der Waals surface area contributed by atoms with E-state index in [2.05, 4.69) is 4.98 Å². The van der Waals surface area contributed by atoms with Gasteiger partial charge in [-0.3, -0.25) is 9.59 Å². The zero-order chi connectivity index (χ0) is 27.5. The Hall–Kier alpha value is -4.05. The molecule has 39 heavy (non-hydrogen) atoms. The predicted molar refractivity (Wildman–Crippen MR) is 145 cm³/mol. The van der Waals surface area contributed by atoms with Crippen LogP contribution in [0.1, 0.15) is 33.7 Å². The lowest BCUT2D eigenvalue weighted by molar-refractivity contribution is -0.136. The zero-order valence-electron chi connectivity index (χ0n) is 21.8. The number of ether oxygens (including phenoxy) is 1. The normalized spacial score (nSPS) is 17.4. The number of nitrogens with two attached hydrogens (primary N) is 1. The summed E-state index contributed by atoms with van der Waals surface area (Å²) in [6.45, 7) is 2.40. The van der Waals surface area contributed by atoms with Crippen molar-refractivity contribution in [3.63, 3.8) is 0 Å². The standard InChI is InChI=1S/C28H31ClN6O4/c1-39-21-8-4-7-19(14-21)26(36)35-17-25-23(31-18-34(25)16-20-6-2-3-9-22(20)29)15-24(35)27(37)32-10-5-11-33(13-12-32)28(30)38/h2-4,6-9,14,18,24H,5,10-13,15-17H2,1H3,(H2,30,38). The number of carbonyl (C=O) groups is 3. The first-order chi connectivity index (χ1) is 18.9. The summed E-state index contributed by atoms with van der Waals surface area (Å²) in [6.07, 6.45) is 2.64. The molecule has 0 radical (unpaired) electrons. The van der Waals surface area contributed by atoms with Crippen LogP contribution in [-0.4, -0.2) is 81.4 Å². The summed E-state index contributed by atoms with van der Waals surface area (Å²) < 4.78 is 7.32. The second kappa shape index (κ2) is 11.4. The number of aromatic nitrogens is 2. The number of urea groups is 1. The molecule has 1 atom stereocenters. The van der Waals surface area contributed by atoms with Crippen LogP contribution in [0.3, 0.4) is 0 Å². The lowest BCUT2D eigenvalue weighted by atomic mass is 9.99. The summed E-state index contributed by atoms with van der Waals surface area (Å²) in [7, 11) is 1.55. The van der Waals surface area contributed by atoms with Gasteiger partial charge in [0.05, 0.1) is 37.9 Å². The van der Waals surface area contributed by atoms with E-state index in [0.717, 1.165) is 17.0 Å². The molecule has 11 heteroatoms. The van der Waals surface area contributed by atoms with Crippen molar-refractivity contribution in [1.29, 1.82) is 0 Å². The van der Waals surface area contributed by atoms with Crippen LogP contribution in [0.15, 0.2) is 54.9 Å². The quantitative estimate of drug-likeness (QED) is 0.525. The maximum Gasteiger partial charge on any atom is 0.314 e. The highest BCUT2D eigenvalue weighted by atomic mass is 35.5. The summed E-state index contributed by atoms with van der Waals surface area (Å²) in [5, 5.41) is 0.652. The Balaban J connectivity index is 1.46. The molecule has 2 N–H and O–H groups in total. The lowest BCUT2D eigenvalue weighted by Crippen LogP contribution is -2.54. The topological polar surface area (TPSA) is 114 Å². The van der Waals surface area contributed by atoms with Gasteiger partial charge >= 0.3 is 6.03 Å². The average molecular weight is 551 g/mol. The molecular formula is C28H31ClN6O4. The maximum absolute atomic E-state index is 13.9. The summed E-state index contributed by atoms with van der Waals surface area (Å²) in [6, 6.07) is 13.3. The van der Waals surface area contributed by atoms with Crippen molar-refractivity contribution >= 4 is 29.4 Å². The summed E-state index contributed by atoms with van der Waals surface area (Å²) in [4.78, 5) is 49.1. The molecule has 1 fully saturated rings. The van der Waals surface area contributed by atoms with E-state index in [1.54, 1.807) is 52.4 Å². The van der Waals surface area contributed by atoms with E-state index >= 15 is 0 Å². The number of benzene rings is 2. The molecule has 3 aromatic rings. The van der Waals surface area contributed by atoms with E-state index in [9.17, 15) is 14.4 Å². The van der Waals surface area contributed by atoms with Gasteiger partial charge in [-0.25, -0.2) is 9.78 Å². The molecule has 2 aliphatic heterocycles. The molecular weight excluding hydrogens is 520 g/mol. The molecule has 2 aromatic carbocycles. The van der Waals surface area contributed by atoms with Gasteiger partial charge in [0.25, 0.3) is 5.91 Å². The van der Waals surface area contributed by atoms with E-state index in [1.165, 1.54) is 0 Å². The van der Waals surface area contributed by atoms with Gasteiger partial charge in [0.15, 0.2) is 0 Å². The molecule has 5 rings (SSSR count). The fourth-order valence-electron chi connectivity index (χ4n) is 5.24. The number of halogens is 1. The Morgan fingerprint density at radius 3 is 2.59 bits per heavy atom. The Kier molecular flexibility index (Phi) is 7.74. The van der Waals surface area contributed by atoms with Gasteiger partial charge < -0.3 is 29.7 Å². The number of fused-ring (bicyclic) bond motifs is 1. The third-order valence-corrected chi connectivity index (χ3v) is 7.76. The van der Waals surface area contributed by atoms with Gasteiger partial charge in [0, 0.05) is 43.2 Å². The molecule has 1 unspecified atom stereocenters. The van der Waals surface area contributed by atoms with E-state index in [4.69, 9.17) is 22.1 Å². The molecule has 1 aromatic heterocycles. The van der Waals surface area contributed by atoms with Crippen LogP contribution >= 0.6 is 11.6 Å². The molecule has 3 heterocycles. The first-order valence-corrected chi connectivity index (χ1v) is 13.3. The van der Waals surface area contributed by atoms with E-state index in [0.29, 0.717) is 55.5 Å². The highest BCUT2D eigenvalue weighted by Gasteiger charge is 2.39.